The van der Waals surface area contributed by atoms with Crippen molar-refractivity contribution < 1.29 is 17.5 Å². The Morgan fingerprint density at radius 2 is 1.96 bits per heavy atom. The Morgan fingerprint density at radius 3 is 2.54 bits per heavy atom. The maximum absolute atomic E-state index is 13.6. The first kappa shape index (κ1) is 24.9. The molecule has 0 aliphatic rings. The number of guanidine groups is 1. The summed E-state index contributed by atoms with van der Waals surface area (Å²) in [6.07, 6.45) is 1.41. The molecule has 2 unspecified atom stereocenters. The summed E-state index contributed by atoms with van der Waals surface area (Å²) in [5.41, 5.74) is 0. The molecule has 0 saturated carbocycles. The lowest BCUT2D eigenvalue weighted by molar-refractivity contribution is 0.220. The summed E-state index contributed by atoms with van der Waals surface area (Å²) < 4.78 is 41.6. The molecular formula is C17H29FIN3O3S. The monoisotopic (exact) mass is 501 g/mol. The third-order valence-electron chi connectivity index (χ3n) is 3.32. The fourth-order valence-electron chi connectivity index (χ4n) is 2.03. The maximum atomic E-state index is 13.6. The Kier molecular flexibility index (Phi) is 11.8. The number of ether oxygens (including phenoxy) is 1. The highest BCUT2D eigenvalue weighted by atomic mass is 127. The van der Waals surface area contributed by atoms with Gasteiger partial charge in [0.05, 0.1) is 12.3 Å². The van der Waals surface area contributed by atoms with Crippen molar-refractivity contribution in [3.63, 3.8) is 0 Å². The highest BCUT2D eigenvalue weighted by Crippen LogP contribution is 2.16. The van der Waals surface area contributed by atoms with Crippen LogP contribution < -0.4 is 15.4 Å². The van der Waals surface area contributed by atoms with Gasteiger partial charge in [-0.25, -0.2) is 17.8 Å². The van der Waals surface area contributed by atoms with E-state index < -0.39 is 15.7 Å². The highest BCUT2D eigenvalue weighted by Gasteiger charge is 2.11. The van der Waals surface area contributed by atoms with Crippen LogP contribution in [0.3, 0.4) is 0 Å². The number of rotatable bonds is 9. The van der Waals surface area contributed by atoms with Crippen LogP contribution in [0.25, 0.3) is 0 Å². The Balaban J connectivity index is 0.00000625. The second-order valence-corrected chi connectivity index (χ2v) is 8.30. The summed E-state index contributed by atoms with van der Waals surface area (Å²) in [5, 5.41) is 6.27. The molecule has 150 valence electrons. The van der Waals surface area contributed by atoms with Crippen molar-refractivity contribution in [1.29, 1.82) is 0 Å². The van der Waals surface area contributed by atoms with Gasteiger partial charge < -0.3 is 15.4 Å². The fraction of sp³-hybridized carbons (Fsp3) is 0.588. The predicted molar refractivity (Wildman–Crippen MR) is 115 cm³/mol. The molecule has 9 heteroatoms. The summed E-state index contributed by atoms with van der Waals surface area (Å²) in [6, 6.07) is 6.20. The van der Waals surface area contributed by atoms with Gasteiger partial charge in [-0.1, -0.05) is 12.1 Å². The molecule has 26 heavy (non-hydrogen) atoms. The Bertz CT molecular complexity index is 671. The molecule has 0 aliphatic carbocycles. The zero-order valence-corrected chi connectivity index (χ0v) is 18.8. The van der Waals surface area contributed by atoms with E-state index in [1.807, 2.05) is 20.8 Å². The summed E-state index contributed by atoms with van der Waals surface area (Å²) in [7, 11) is -2.99. The Hall–Kier alpha value is -1.10. The lowest BCUT2D eigenvalue weighted by Crippen LogP contribution is -2.43. The number of para-hydroxylation sites is 1. The van der Waals surface area contributed by atoms with E-state index >= 15 is 0 Å². The average molecular weight is 501 g/mol. The molecule has 1 rings (SSSR count). The molecule has 0 aliphatic heterocycles. The van der Waals surface area contributed by atoms with E-state index in [0.29, 0.717) is 25.5 Å². The fourth-order valence-corrected chi connectivity index (χ4v) is 2.81. The summed E-state index contributed by atoms with van der Waals surface area (Å²) in [5.74, 6) is 0.489. The molecule has 0 fully saturated rings. The molecule has 0 heterocycles. The molecule has 0 spiro atoms. The molecule has 0 saturated heterocycles. The Morgan fingerprint density at radius 1 is 1.31 bits per heavy atom. The van der Waals surface area contributed by atoms with Crippen molar-refractivity contribution in [3.8, 4) is 5.75 Å². The van der Waals surface area contributed by atoms with Gasteiger partial charge >= 0.3 is 0 Å². The van der Waals surface area contributed by atoms with Crippen molar-refractivity contribution in [1.82, 2.24) is 10.6 Å². The molecule has 1 aromatic rings. The van der Waals surface area contributed by atoms with Gasteiger partial charge in [0.15, 0.2) is 17.5 Å². The summed E-state index contributed by atoms with van der Waals surface area (Å²) in [4.78, 5) is 4.42. The molecular weight excluding hydrogens is 472 g/mol. The van der Waals surface area contributed by atoms with E-state index in [1.165, 1.54) is 12.3 Å². The molecule has 0 bridgehead atoms. The van der Waals surface area contributed by atoms with E-state index in [2.05, 4.69) is 15.6 Å². The van der Waals surface area contributed by atoms with Gasteiger partial charge in [-0.05, 0) is 39.3 Å². The molecule has 6 nitrogen and oxygen atoms in total. The first-order valence-electron chi connectivity index (χ1n) is 8.35. The topological polar surface area (TPSA) is 79.8 Å². The van der Waals surface area contributed by atoms with Crippen molar-refractivity contribution in [3.05, 3.63) is 30.1 Å². The molecule has 1 aromatic carbocycles. The minimum absolute atomic E-state index is 0. The van der Waals surface area contributed by atoms with Gasteiger partial charge in [0, 0.05) is 18.8 Å². The third kappa shape index (κ3) is 10.8. The normalized spacial score (nSPS) is 14.1. The van der Waals surface area contributed by atoms with Crippen molar-refractivity contribution in [2.24, 2.45) is 4.99 Å². The van der Waals surface area contributed by atoms with Crippen LogP contribution in [0.5, 0.6) is 5.75 Å². The summed E-state index contributed by atoms with van der Waals surface area (Å²) >= 11 is 0. The third-order valence-corrected chi connectivity index (χ3v) is 4.30. The van der Waals surface area contributed by atoms with Gasteiger partial charge in [0.2, 0.25) is 0 Å². The number of hydrogen-bond acceptors (Lipinski definition) is 4. The standard InChI is InChI=1S/C17H28FN3O3S.HI/c1-5-19-17(21-13(2)10-11-25(4,22)23)20-12-14(3)24-16-9-7-6-8-15(16)18;/h6-9,13-14H,5,10-12H2,1-4H3,(H2,19,20,21);1H. The number of aliphatic imine (C=N–C) groups is 1. The number of nitrogens with one attached hydrogen (secondary N) is 2. The van der Waals surface area contributed by atoms with Crippen molar-refractivity contribution >= 4 is 39.8 Å². The van der Waals surface area contributed by atoms with Crippen LogP contribution in [-0.4, -0.2) is 51.6 Å². The van der Waals surface area contributed by atoms with Gasteiger partial charge in [-0.3, -0.25) is 0 Å². The molecule has 0 aromatic heterocycles. The molecule has 2 atom stereocenters. The lowest BCUT2D eigenvalue weighted by atomic mass is 10.3. The maximum Gasteiger partial charge on any atom is 0.191 e. The zero-order chi connectivity index (χ0) is 18.9. The number of hydrogen-bond donors (Lipinski definition) is 2. The molecule has 2 N–H and O–H groups in total. The van der Waals surface area contributed by atoms with Crippen LogP contribution in [0.1, 0.15) is 27.2 Å². The second kappa shape index (κ2) is 12.3. The first-order valence-corrected chi connectivity index (χ1v) is 10.4. The highest BCUT2D eigenvalue weighted by molar-refractivity contribution is 14.0. The van der Waals surface area contributed by atoms with Gasteiger partial charge in [0.25, 0.3) is 0 Å². The SMILES string of the molecule is CCNC(=NCC(C)Oc1ccccc1F)NC(C)CCS(C)(=O)=O.I. The first-order chi connectivity index (χ1) is 11.7. The van der Waals surface area contributed by atoms with Crippen molar-refractivity contribution in [2.45, 2.75) is 39.3 Å². The van der Waals surface area contributed by atoms with Crippen LogP contribution in [0.4, 0.5) is 4.39 Å². The van der Waals surface area contributed by atoms with Crippen LogP contribution in [0.2, 0.25) is 0 Å². The molecule has 0 amide bonds. The Labute approximate surface area is 172 Å². The minimum Gasteiger partial charge on any atom is -0.486 e. The number of nitrogens with zero attached hydrogens (tertiary/aromatic N) is 1. The zero-order valence-electron chi connectivity index (χ0n) is 15.7. The van der Waals surface area contributed by atoms with Crippen LogP contribution in [-0.2, 0) is 9.84 Å². The average Bonchev–Trinajstić information content (AvgIpc) is 2.52. The lowest BCUT2D eigenvalue weighted by Gasteiger charge is -2.19. The summed E-state index contributed by atoms with van der Waals surface area (Å²) in [6.45, 7) is 6.66. The van der Waals surface area contributed by atoms with Gasteiger partial charge in [-0.2, -0.15) is 0 Å². The van der Waals surface area contributed by atoms with E-state index in [4.69, 9.17) is 4.74 Å². The predicted octanol–water partition coefficient (Wildman–Crippen LogP) is 2.59. The second-order valence-electron chi connectivity index (χ2n) is 6.04. The van der Waals surface area contributed by atoms with Gasteiger partial charge in [-0.15, -0.1) is 24.0 Å². The quantitative estimate of drug-likeness (QED) is 0.309. The van der Waals surface area contributed by atoms with Crippen LogP contribution in [0, 0.1) is 5.82 Å². The smallest absolute Gasteiger partial charge is 0.191 e. The van der Waals surface area contributed by atoms with Crippen LogP contribution >= 0.6 is 24.0 Å². The van der Waals surface area contributed by atoms with E-state index in [0.717, 1.165) is 0 Å². The van der Waals surface area contributed by atoms with E-state index in [9.17, 15) is 12.8 Å². The van der Waals surface area contributed by atoms with E-state index in [-0.39, 0.29) is 47.6 Å². The number of benzene rings is 1. The molecule has 0 radical (unpaired) electrons. The van der Waals surface area contributed by atoms with Crippen LogP contribution in [0.15, 0.2) is 29.3 Å². The number of halogens is 2. The van der Waals surface area contributed by atoms with E-state index in [1.54, 1.807) is 18.2 Å². The van der Waals surface area contributed by atoms with Gasteiger partial charge in [0.1, 0.15) is 15.9 Å². The minimum atomic E-state index is -2.99. The largest absolute Gasteiger partial charge is 0.486 e. The van der Waals surface area contributed by atoms with Crippen molar-refractivity contribution in [2.75, 3.05) is 25.1 Å². The number of sulfone groups is 1.